The molecule has 114 valence electrons. The monoisotopic (exact) mass is 355 g/mol. The molecular formula is C15H18BrNO4. The first-order valence-electron chi connectivity index (χ1n) is 6.84. The minimum Gasteiger partial charge on any atom is -0.497 e. The van der Waals surface area contributed by atoms with Gasteiger partial charge in [0.05, 0.1) is 18.2 Å². The second-order valence-electron chi connectivity index (χ2n) is 5.36. The van der Waals surface area contributed by atoms with E-state index >= 15 is 0 Å². The zero-order chi connectivity index (χ0) is 15.5. The van der Waals surface area contributed by atoms with Gasteiger partial charge in [-0.3, -0.25) is 9.59 Å². The van der Waals surface area contributed by atoms with Gasteiger partial charge in [-0.1, -0.05) is 12.8 Å². The molecule has 0 aliphatic heterocycles. The molecule has 1 aliphatic carbocycles. The predicted octanol–water partition coefficient (Wildman–Crippen LogP) is 3.43. The molecule has 0 unspecified atom stereocenters. The number of methoxy groups -OCH3 is 1. The van der Waals surface area contributed by atoms with E-state index in [4.69, 9.17) is 4.74 Å². The second kappa shape index (κ2) is 6.47. The SMILES string of the molecule is COc1ccc(Br)c(NC(=O)CC2(C(=O)O)CCCC2)c1. The van der Waals surface area contributed by atoms with E-state index in [0.717, 1.165) is 17.3 Å². The molecule has 0 atom stereocenters. The molecule has 0 spiro atoms. The minimum absolute atomic E-state index is 0.00594. The van der Waals surface area contributed by atoms with Gasteiger partial charge < -0.3 is 15.2 Å². The molecule has 0 bridgehead atoms. The van der Waals surface area contributed by atoms with Gasteiger partial charge in [-0.05, 0) is 40.9 Å². The minimum atomic E-state index is -0.907. The van der Waals surface area contributed by atoms with Gasteiger partial charge in [-0.2, -0.15) is 0 Å². The van der Waals surface area contributed by atoms with E-state index in [0.29, 0.717) is 24.3 Å². The van der Waals surface area contributed by atoms with Crippen molar-refractivity contribution in [2.45, 2.75) is 32.1 Å². The first-order valence-corrected chi connectivity index (χ1v) is 7.63. The number of carboxylic acid groups (broad SMARTS) is 1. The van der Waals surface area contributed by atoms with Crippen molar-refractivity contribution in [2.24, 2.45) is 5.41 Å². The lowest BCUT2D eigenvalue weighted by Crippen LogP contribution is -2.32. The van der Waals surface area contributed by atoms with E-state index in [1.807, 2.05) is 0 Å². The van der Waals surface area contributed by atoms with Gasteiger partial charge in [0.25, 0.3) is 0 Å². The van der Waals surface area contributed by atoms with E-state index in [9.17, 15) is 14.7 Å². The Balaban J connectivity index is 2.09. The number of amides is 1. The van der Waals surface area contributed by atoms with Crippen LogP contribution in [0.5, 0.6) is 5.75 Å². The highest BCUT2D eigenvalue weighted by Crippen LogP contribution is 2.41. The summed E-state index contributed by atoms with van der Waals surface area (Å²) < 4.78 is 5.85. The Hall–Kier alpha value is -1.56. The lowest BCUT2D eigenvalue weighted by Gasteiger charge is -2.23. The summed E-state index contributed by atoms with van der Waals surface area (Å²) >= 11 is 3.36. The number of benzene rings is 1. The van der Waals surface area contributed by atoms with Crippen molar-refractivity contribution >= 4 is 33.5 Å². The fraction of sp³-hybridized carbons (Fsp3) is 0.467. The molecule has 0 aromatic heterocycles. The molecule has 0 radical (unpaired) electrons. The molecule has 1 fully saturated rings. The molecule has 1 aromatic carbocycles. The number of rotatable bonds is 5. The average molecular weight is 356 g/mol. The lowest BCUT2D eigenvalue weighted by molar-refractivity contribution is -0.150. The summed E-state index contributed by atoms with van der Waals surface area (Å²) in [7, 11) is 1.55. The van der Waals surface area contributed by atoms with Crippen LogP contribution in [0.1, 0.15) is 32.1 Å². The maximum Gasteiger partial charge on any atom is 0.310 e. The van der Waals surface area contributed by atoms with Crippen LogP contribution in [-0.4, -0.2) is 24.1 Å². The summed E-state index contributed by atoms with van der Waals surface area (Å²) in [4.78, 5) is 23.7. The van der Waals surface area contributed by atoms with E-state index in [-0.39, 0.29) is 12.3 Å². The molecule has 21 heavy (non-hydrogen) atoms. The third kappa shape index (κ3) is 3.56. The van der Waals surface area contributed by atoms with Gasteiger partial charge in [0.1, 0.15) is 5.75 Å². The Morgan fingerprint density at radius 2 is 2.05 bits per heavy atom. The fourth-order valence-electron chi connectivity index (χ4n) is 2.75. The molecule has 2 N–H and O–H groups in total. The topological polar surface area (TPSA) is 75.6 Å². The smallest absolute Gasteiger partial charge is 0.310 e. The molecule has 2 rings (SSSR count). The molecule has 1 saturated carbocycles. The van der Waals surface area contributed by atoms with Crippen LogP contribution in [0, 0.1) is 5.41 Å². The quantitative estimate of drug-likeness (QED) is 0.848. The number of nitrogens with one attached hydrogen (secondary N) is 1. The van der Waals surface area contributed by atoms with Crippen LogP contribution in [-0.2, 0) is 9.59 Å². The number of carboxylic acids is 1. The van der Waals surface area contributed by atoms with Crippen LogP contribution >= 0.6 is 15.9 Å². The molecular weight excluding hydrogens is 338 g/mol. The highest BCUT2D eigenvalue weighted by atomic mass is 79.9. The highest BCUT2D eigenvalue weighted by molar-refractivity contribution is 9.10. The van der Waals surface area contributed by atoms with Crippen molar-refractivity contribution in [1.82, 2.24) is 0 Å². The number of hydrogen-bond acceptors (Lipinski definition) is 3. The second-order valence-corrected chi connectivity index (χ2v) is 6.22. The van der Waals surface area contributed by atoms with Crippen LogP contribution in [0.2, 0.25) is 0 Å². The first kappa shape index (κ1) is 15.8. The summed E-state index contributed by atoms with van der Waals surface area (Å²) in [5.41, 5.74) is -0.326. The molecule has 1 aromatic rings. The standard InChI is InChI=1S/C15H18BrNO4/c1-21-10-4-5-11(16)12(8-10)17-13(18)9-15(14(19)20)6-2-3-7-15/h4-5,8H,2-3,6-7,9H2,1H3,(H,17,18)(H,19,20). The number of carbonyl (C=O) groups is 2. The molecule has 5 nitrogen and oxygen atoms in total. The Labute approximate surface area is 131 Å². The summed E-state index contributed by atoms with van der Waals surface area (Å²) in [6.45, 7) is 0. The third-order valence-electron chi connectivity index (χ3n) is 3.96. The van der Waals surface area contributed by atoms with E-state index in [2.05, 4.69) is 21.2 Å². The van der Waals surface area contributed by atoms with Crippen LogP contribution in [0.15, 0.2) is 22.7 Å². The summed E-state index contributed by atoms with van der Waals surface area (Å²) in [6.07, 6.45) is 2.86. The van der Waals surface area contributed by atoms with Crippen LogP contribution < -0.4 is 10.1 Å². The van der Waals surface area contributed by atoms with Gasteiger partial charge >= 0.3 is 5.97 Å². The van der Waals surface area contributed by atoms with E-state index in [1.54, 1.807) is 25.3 Å². The van der Waals surface area contributed by atoms with Crippen LogP contribution in [0.3, 0.4) is 0 Å². The van der Waals surface area contributed by atoms with Crippen molar-refractivity contribution in [1.29, 1.82) is 0 Å². The maximum absolute atomic E-state index is 12.2. The first-order chi connectivity index (χ1) is 9.97. The number of hydrogen-bond donors (Lipinski definition) is 2. The van der Waals surface area contributed by atoms with Crippen molar-refractivity contribution in [2.75, 3.05) is 12.4 Å². The highest BCUT2D eigenvalue weighted by Gasteiger charge is 2.43. The van der Waals surface area contributed by atoms with Crippen LogP contribution in [0.25, 0.3) is 0 Å². The van der Waals surface area contributed by atoms with Gasteiger partial charge in [-0.25, -0.2) is 0 Å². The zero-order valence-corrected chi connectivity index (χ0v) is 13.4. The van der Waals surface area contributed by atoms with E-state index in [1.165, 1.54) is 0 Å². The Morgan fingerprint density at radius 1 is 1.38 bits per heavy atom. The zero-order valence-electron chi connectivity index (χ0n) is 11.8. The maximum atomic E-state index is 12.2. The van der Waals surface area contributed by atoms with Crippen molar-refractivity contribution in [3.63, 3.8) is 0 Å². The number of anilines is 1. The molecule has 6 heteroatoms. The van der Waals surface area contributed by atoms with Crippen molar-refractivity contribution < 1.29 is 19.4 Å². The number of halogens is 1. The van der Waals surface area contributed by atoms with Crippen molar-refractivity contribution in [3.8, 4) is 5.75 Å². The normalized spacial score (nSPS) is 16.5. The number of carbonyl (C=O) groups excluding carboxylic acids is 1. The number of ether oxygens (including phenoxy) is 1. The van der Waals surface area contributed by atoms with Crippen molar-refractivity contribution in [3.05, 3.63) is 22.7 Å². The summed E-state index contributed by atoms with van der Waals surface area (Å²) in [6, 6.07) is 5.25. The summed E-state index contributed by atoms with van der Waals surface area (Å²) in [5, 5.41) is 12.2. The molecule has 1 aliphatic rings. The molecule has 0 saturated heterocycles. The summed E-state index contributed by atoms with van der Waals surface area (Å²) in [5.74, 6) is -0.532. The fourth-order valence-corrected chi connectivity index (χ4v) is 3.09. The Morgan fingerprint density at radius 3 is 2.62 bits per heavy atom. The van der Waals surface area contributed by atoms with Gasteiger partial charge in [-0.15, -0.1) is 0 Å². The van der Waals surface area contributed by atoms with E-state index < -0.39 is 11.4 Å². The third-order valence-corrected chi connectivity index (χ3v) is 4.65. The van der Waals surface area contributed by atoms with Gasteiger partial charge in [0, 0.05) is 17.0 Å². The average Bonchev–Trinajstić information content (AvgIpc) is 2.91. The Bertz CT molecular complexity index is 553. The van der Waals surface area contributed by atoms with Crippen LogP contribution in [0.4, 0.5) is 5.69 Å². The van der Waals surface area contributed by atoms with Gasteiger partial charge in [0.2, 0.25) is 5.91 Å². The van der Waals surface area contributed by atoms with Gasteiger partial charge in [0.15, 0.2) is 0 Å². The molecule has 0 heterocycles. The number of aliphatic carboxylic acids is 1. The predicted molar refractivity (Wildman–Crippen MR) is 82.5 cm³/mol. The largest absolute Gasteiger partial charge is 0.497 e. The molecule has 1 amide bonds. The Kier molecular flexibility index (Phi) is 4.88. The lowest BCUT2D eigenvalue weighted by atomic mass is 9.82.